The van der Waals surface area contributed by atoms with Crippen LogP contribution in [0.5, 0.6) is 0 Å². The molecule has 8 heteroatoms. The van der Waals surface area contributed by atoms with E-state index in [1.54, 1.807) is 0 Å². The molecule has 2 N–H and O–H groups in total. The van der Waals surface area contributed by atoms with E-state index in [4.69, 9.17) is 0 Å². The second kappa shape index (κ2) is 9.98. The Morgan fingerprint density at radius 3 is 2.14 bits per heavy atom. The van der Waals surface area contributed by atoms with Gasteiger partial charge in [0.25, 0.3) is 0 Å². The third kappa shape index (κ3) is 7.50. The average Bonchev–Trinajstić information content (AvgIpc) is 2.52. The molecule has 1 saturated heterocycles. The van der Waals surface area contributed by atoms with Crippen LogP contribution in [0, 0.1) is 0 Å². The molecule has 120 valence electrons. The van der Waals surface area contributed by atoms with E-state index in [0.717, 1.165) is 26.1 Å². The molecule has 2 amide bonds. The van der Waals surface area contributed by atoms with Crippen LogP contribution in [0.1, 0.15) is 25.7 Å². The first-order chi connectivity index (χ1) is 10.2. The molecule has 0 saturated carbocycles. The predicted octanol–water partition coefficient (Wildman–Crippen LogP) is 0.930. The number of methoxy groups -OCH3 is 2. The molecular formula is C13H24N4O4. The minimum atomic E-state index is -0.693. The Bertz CT molecular complexity index is 347. The maximum Gasteiger partial charge on any atom is 0.413 e. The van der Waals surface area contributed by atoms with Crippen LogP contribution in [0.3, 0.4) is 0 Å². The summed E-state index contributed by atoms with van der Waals surface area (Å²) in [6.07, 6.45) is 3.28. The molecule has 1 heterocycles. The van der Waals surface area contributed by atoms with E-state index in [9.17, 15) is 9.59 Å². The summed E-state index contributed by atoms with van der Waals surface area (Å²) in [6, 6.07) is 0. The van der Waals surface area contributed by atoms with Gasteiger partial charge in [0.1, 0.15) is 0 Å². The van der Waals surface area contributed by atoms with Gasteiger partial charge >= 0.3 is 12.2 Å². The number of alkyl carbamates (subject to hydrolysis) is 2. The molecule has 0 aliphatic carbocycles. The van der Waals surface area contributed by atoms with Gasteiger partial charge in [-0.15, -0.1) is 0 Å². The number of guanidine groups is 1. The minimum Gasteiger partial charge on any atom is -0.453 e. The molecule has 0 unspecified atom stereocenters. The van der Waals surface area contributed by atoms with Crippen molar-refractivity contribution in [3.05, 3.63) is 0 Å². The van der Waals surface area contributed by atoms with E-state index >= 15 is 0 Å². The molecule has 1 aliphatic heterocycles. The fourth-order valence-corrected chi connectivity index (χ4v) is 2.07. The summed E-state index contributed by atoms with van der Waals surface area (Å²) in [5.74, 6) is 0.0346. The van der Waals surface area contributed by atoms with Gasteiger partial charge in [-0.25, -0.2) is 9.59 Å². The number of hydrogen-bond donors (Lipinski definition) is 2. The Hall–Kier alpha value is -1.83. The number of likely N-dealkylation sites (tertiary alicyclic amines) is 1. The Morgan fingerprint density at radius 1 is 1.05 bits per heavy atom. The highest BCUT2D eigenvalue weighted by atomic mass is 16.5. The second-order valence-electron chi connectivity index (χ2n) is 4.72. The molecule has 21 heavy (non-hydrogen) atoms. The van der Waals surface area contributed by atoms with Crippen molar-refractivity contribution in [2.24, 2.45) is 4.99 Å². The summed E-state index contributed by atoms with van der Waals surface area (Å²) >= 11 is 0. The maximum atomic E-state index is 11.2. The van der Waals surface area contributed by atoms with Gasteiger partial charge < -0.3 is 14.4 Å². The average molecular weight is 300 g/mol. The van der Waals surface area contributed by atoms with Crippen LogP contribution in [0.15, 0.2) is 4.99 Å². The van der Waals surface area contributed by atoms with Crippen molar-refractivity contribution in [2.45, 2.75) is 25.7 Å². The predicted molar refractivity (Wildman–Crippen MR) is 78.3 cm³/mol. The van der Waals surface area contributed by atoms with Gasteiger partial charge in [0.05, 0.1) is 14.2 Å². The first-order valence-electron chi connectivity index (χ1n) is 7.12. The molecule has 0 spiro atoms. The van der Waals surface area contributed by atoms with Crippen molar-refractivity contribution < 1.29 is 19.1 Å². The van der Waals surface area contributed by atoms with Crippen molar-refractivity contribution in [3.8, 4) is 0 Å². The number of nitrogens with zero attached hydrogens (tertiary/aromatic N) is 2. The Balaban J connectivity index is 2.36. The van der Waals surface area contributed by atoms with Crippen molar-refractivity contribution in [1.82, 2.24) is 15.5 Å². The summed E-state index contributed by atoms with van der Waals surface area (Å²) < 4.78 is 8.93. The SMILES string of the molecule is COC(=O)NC(=NCCCN1CCCCC1)NC(=O)OC. The Morgan fingerprint density at radius 2 is 1.62 bits per heavy atom. The Kier molecular flexibility index (Phi) is 8.18. The van der Waals surface area contributed by atoms with Crippen LogP contribution in [0.4, 0.5) is 9.59 Å². The largest absolute Gasteiger partial charge is 0.453 e. The van der Waals surface area contributed by atoms with Crippen molar-refractivity contribution in [2.75, 3.05) is 40.4 Å². The van der Waals surface area contributed by atoms with Crippen molar-refractivity contribution in [3.63, 3.8) is 0 Å². The van der Waals surface area contributed by atoms with E-state index in [-0.39, 0.29) is 5.96 Å². The van der Waals surface area contributed by atoms with Gasteiger partial charge in [-0.3, -0.25) is 15.6 Å². The lowest BCUT2D eigenvalue weighted by molar-refractivity contribution is 0.173. The second-order valence-corrected chi connectivity index (χ2v) is 4.72. The third-order valence-corrected chi connectivity index (χ3v) is 3.16. The number of amides is 2. The topological polar surface area (TPSA) is 92.3 Å². The summed E-state index contributed by atoms with van der Waals surface area (Å²) in [4.78, 5) is 28.9. The molecule has 0 radical (unpaired) electrons. The standard InChI is InChI=1S/C13H24N4O4/c1-20-12(18)15-11(16-13(19)21-2)14-7-6-10-17-8-4-3-5-9-17/h3-10H2,1-2H3,(H2,14,15,16,18,19). The highest BCUT2D eigenvalue weighted by Gasteiger charge is 2.11. The highest BCUT2D eigenvalue weighted by Crippen LogP contribution is 2.08. The number of aliphatic imine (C=N–C) groups is 1. The van der Waals surface area contributed by atoms with E-state index in [2.05, 4.69) is 30.0 Å². The monoisotopic (exact) mass is 300 g/mol. The van der Waals surface area contributed by atoms with Crippen molar-refractivity contribution >= 4 is 18.1 Å². The van der Waals surface area contributed by atoms with Gasteiger partial charge in [0.15, 0.2) is 0 Å². The lowest BCUT2D eigenvalue weighted by Gasteiger charge is -2.25. The minimum absolute atomic E-state index is 0.0346. The molecule has 0 aromatic carbocycles. The molecule has 8 nitrogen and oxygen atoms in total. The van der Waals surface area contributed by atoms with E-state index in [0.29, 0.717) is 6.54 Å². The maximum absolute atomic E-state index is 11.2. The molecule has 0 aromatic heterocycles. The van der Waals surface area contributed by atoms with Crippen LogP contribution < -0.4 is 10.6 Å². The van der Waals surface area contributed by atoms with E-state index in [1.165, 1.54) is 33.5 Å². The third-order valence-electron chi connectivity index (χ3n) is 3.16. The molecule has 1 fully saturated rings. The highest BCUT2D eigenvalue weighted by molar-refractivity contribution is 6.01. The summed E-state index contributed by atoms with van der Waals surface area (Å²) in [5.41, 5.74) is 0. The lowest BCUT2D eigenvalue weighted by atomic mass is 10.1. The first kappa shape index (κ1) is 17.2. The normalized spacial score (nSPS) is 15.0. The zero-order valence-corrected chi connectivity index (χ0v) is 12.7. The van der Waals surface area contributed by atoms with E-state index < -0.39 is 12.2 Å². The van der Waals surface area contributed by atoms with Crippen LogP contribution in [-0.2, 0) is 9.47 Å². The van der Waals surface area contributed by atoms with E-state index in [1.807, 2.05) is 0 Å². The summed E-state index contributed by atoms with van der Waals surface area (Å²) in [6.45, 7) is 3.74. The number of piperidine rings is 1. The number of nitrogens with one attached hydrogen (secondary N) is 2. The number of hydrogen-bond acceptors (Lipinski definition) is 6. The molecular weight excluding hydrogens is 276 g/mol. The van der Waals surface area contributed by atoms with Gasteiger partial charge in [-0.05, 0) is 38.9 Å². The zero-order chi connectivity index (χ0) is 15.5. The number of carbonyl (C=O) groups is 2. The van der Waals surface area contributed by atoms with Gasteiger partial charge in [-0.1, -0.05) is 6.42 Å². The first-order valence-corrected chi connectivity index (χ1v) is 7.12. The fourth-order valence-electron chi connectivity index (χ4n) is 2.07. The number of carbonyl (C=O) groups excluding carboxylic acids is 2. The Labute approximate surface area is 124 Å². The number of ether oxygens (including phenoxy) is 2. The quantitative estimate of drug-likeness (QED) is 0.458. The summed E-state index contributed by atoms with van der Waals surface area (Å²) in [5, 5.41) is 4.67. The zero-order valence-electron chi connectivity index (χ0n) is 12.7. The fraction of sp³-hybridized carbons (Fsp3) is 0.769. The van der Waals surface area contributed by atoms with Crippen LogP contribution >= 0.6 is 0 Å². The van der Waals surface area contributed by atoms with Gasteiger partial charge in [-0.2, -0.15) is 0 Å². The van der Waals surface area contributed by atoms with Crippen LogP contribution in [-0.4, -0.2) is 63.4 Å². The van der Waals surface area contributed by atoms with Crippen LogP contribution in [0.2, 0.25) is 0 Å². The molecule has 0 aromatic rings. The molecule has 0 atom stereocenters. The molecule has 0 bridgehead atoms. The van der Waals surface area contributed by atoms with Gasteiger partial charge in [0.2, 0.25) is 5.96 Å². The van der Waals surface area contributed by atoms with Crippen LogP contribution in [0.25, 0.3) is 0 Å². The molecule has 1 rings (SSSR count). The lowest BCUT2D eigenvalue weighted by Crippen LogP contribution is -2.44. The molecule has 1 aliphatic rings. The van der Waals surface area contributed by atoms with Gasteiger partial charge in [0, 0.05) is 6.54 Å². The number of rotatable bonds is 4. The smallest absolute Gasteiger partial charge is 0.413 e. The van der Waals surface area contributed by atoms with Crippen molar-refractivity contribution in [1.29, 1.82) is 0 Å². The summed E-state index contributed by atoms with van der Waals surface area (Å²) in [7, 11) is 2.48.